The number of amides is 1. The summed E-state index contributed by atoms with van der Waals surface area (Å²) in [6.07, 6.45) is 4.72. The van der Waals surface area contributed by atoms with Gasteiger partial charge in [0.1, 0.15) is 6.17 Å². The number of rotatable bonds is 3. The number of hydrazine groups is 1. The fourth-order valence-electron chi connectivity index (χ4n) is 5.49. The van der Waals surface area contributed by atoms with Gasteiger partial charge in [-0.05, 0) is 70.5 Å². The Kier molecular flexibility index (Phi) is 5.51. The van der Waals surface area contributed by atoms with E-state index in [0.29, 0.717) is 30.7 Å². The van der Waals surface area contributed by atoms with Crippen LogP contribution in [0.3, 0.4) is 0 Å². The number of fused-ring (bicyclic) bond motifs is 1. The van der Waals surface area contributed by atoms with E-state index in [0.717, 1.165) is 25.9 Å². The Balaban J connectivity index is 1.27. The van der Waals surface area contributed by atoms with Crippen molar-refractivity contribution >= 4 is 5.91 Å². The third-order valence-electron chi connectivity index (χ3n) is 7.24. The first-order valence-electron chi connectivity index (χ1n) is 10.4. The number of nitrogens with one attached hydrogen (secondary N) is 4. The molecular weight excluding hydrogens is 333 g/mol. The molecule has 3 saturated heterocycles. The van der Waals surface area contributed by atoms with Gasteiger partial charge in [-0.1, -0.05) is 6.92 Å². The lowest BCUT2D eigenvalue weighted by atomic mass is 9.77. The van der Waals surface area contributed by atoms with Gasteiger partial charge in [-0.25, -0.2) is 9.82 Å². The van der Waals surface area contributed by atoms with Crippen molar-refractivity contribution in [3.05, 3.63) is 0 Å². The van der Waals surface area contributed by atoms with E-state index in [1.165, 1.54) is 12.8 Å². The Hall–Kier alpha value is -0.760. The maximum atomic E-state index is 14.2. The zero-order chi connectivity index (χ0) is 18.3. The number of hydrogen-bond acceptors (Lipinski definition) is 5. The zero-order valence-electron chi connectivity index (χ0n) is 16.0. The first-order valence-corrected chi connectivity index (χ1v) is 10.4. The molecule has 1 amide bonds. The summed E-state index contributed by atoms with van der Waals surface area (Å²) in [4.78, 5) is 15.1. The predicted molar refractivity (Wildman–Crippen MR) is 98.9 cm³/mol. The van der Waals surface area contributed by atoms with Crippen molar-refractivity contribution in [3.8, 4) is 0 Å². The number of alkyl halides is 1. The number of likely N-dealkylation sites (tertiary alicyclic amines) is 1. The van der Waals surface area contributed by atoms with Crippen molar-refractivity contribution < 1.29 is 9.18 Å². The van der Waals surface area contributed by atoms with Gasteiger partial charge in [0.2, 0.25) is 5.91 Å². The maximum Gasteiger partial charge on any atom is 0.238 e. The van der Waals surface area contributed by atoms with Crippen LogP contribution in [0.5, 0.6) is 0 Å². The molecule has 0 aromatic carbocycles. The Bertz CT molecular complexity index is 494. The van der Waals surface area contributed by atoms with E-state index < -0.39 is 6.17 Å². The third-order valence-corrected chi connectivity index (χ3v) is 7.24. The average molecular weight is 368 g/mol. The second kappa shape index (κ2) is 7.70. The van der Waals surface area contributed by atoms with E-state index in [2.05, 4.69) is 40.4 Å². The van der Waals surface area contributed by atoms with Crippen molar-refractivity contribution in [2.45, 2.75) is 75.9 Å². The first-order chi connectivity index (χ1) is 12.5. The van der Waals surface area contributed by atoms with Crippen LogP contribution < -0.4 is 21.5 Å². The van der Waals surface area contributed by atoms with Gasteiger partial charge < -0.3 is 15.5 Å². The molecule has 1 saturated carbocycles. The summed E-state index contributed by atoms with van der Waals surface area (Å²) >= 11 is 0. The van der Waals surface area contributed by atoms with Crippen LogP contribution in [0.25, 0.3) is 0 Å². The summed E-state index contributed by atoms with van der Waals surface area (Å²) in [5, 5.41) is 6.55. The fourth-order valence-corrected chi connectivity index (χ4v) is 5.49. The molecule has 7 atom stereocenters. The molecule has 0 radical (unpaired) electrons. The smallest absolute Gasteiger partial charge is 0.238 e. The normalized spacial score (nSPS) is 44.8. The molecule has 4 rings (SSSR count). The molecule has 4 N–H and O–H groups in total. The van der Waals surface area contributed by atoms with Gasteiger partial charge in [-0.15, -0.1) is 0 Å². The van der Waals surface area contributed by atoms with Gasteiger partial charge in [-0.3, -0.25) is 10.2 Å². The van der Waals surface area contributed by atoms with Crippen LogP contribution in [-0.2, 0) is 4.79 Å². The molecule has 0 aromatic rings. The van der Waals surface area contributed by atoms with Gasteiger partial charge in [0.05, 0.1) is 12.2 Å². The second-order valence-electron chi connectivity index (χ2n) is 9.05. The van der Waals surface area contributed by atoms with Crippen molar-refractivity contribution in [1.29, 1.82) is 0 Å². The maximum absolute atomic E-state index is 14.2. The molecule has 6 nitrogen and oxygen atoms in total. The summed E-state index contributed by atoms with van der Waals surface area (Å²) in [7, 11) is 2.18. The minimum Gasteiger partial charge on any atom is -0.338 e. The highest BCUT2D eigenvalue weighted by molar-refractivity contribution is 5.82. The van der Waals surface area contributed by atoms with Gasteiger partial charge in [0.25, 0.3) is 0 Å². The molecule has 1 aliphatic carbocycles. The third kappa shape index (κ3) is 3.77. The standard InChI is InChI=1S/C19H34FN5O/c1-11-3-4-14(20)13-9-16(21-18(11)13)19(26)22-17-10-15(23-24-17)12-5-7-25(2)8-6-12/h11-18,21,23-24H,3-10H2,1-2H3,(H,22,26). The molecular formula is C19H34FN5O. The lowest BCUT2D eigenvalue weighted by Gasteiger charge is -2.33. The van der Waals surface area contributed by atoms with Gasteiger partial charge in [0, 0.05) is 18.0 Å². The Morgan fingerprint density at radius 1 is 1.12 bits per heavy atom. The fraction of sp³-hybridized carbons (Fsp3) is 0.947. The van der Waals surface area contributed by atoms with E-state index in [4.69, 9.17) is 0 Å². The highest BCUT2D eigenvalue weighted by atomic mass is 19.1. The Morgan fingerprint density at radius 2 is 1.88 bits per heavy atom. The molecule has 4 aliphatic rings. The van der Waals surface area contributed by atoms with Crippen molar-refractivity contribution in [3.63, 3.8) is 0 Å². The number of carbonyl (C=O) groups excluding carboxylic acids is 1. The van der Waals surface area contributed by atoms with Crippen molar-refractivity contribution in [2.75, 3.05) is 20.1 Å². The minimum absolute atomic E-state index is 0.00357. The molecule has 26 heavy (non-hydrogen) atoms. The molecule has 7 unspecified atom stereocenters. The van der Waals surface area contributed by atoms with Crippen LogP contribution in [-0.4, -0.2) is 61.4 Å². The topological polar surface area (TPSA) is 68.4 Å². The summed E-state index contributed by atoms with van der Waals surface area (Å²) in [6.45, 7) is 4.47. The molecule has 0 aromatic heterocycles. The summed E-state index contributed by atoms with van der Waals surface area (Å²) in [5.41, 5.74) is 6.64. The minimum atomic E-state index is -0.762. The summed E-state index contributed by atoms with van der Waals surface area (Å²) in [5.74, 6) is 1.13. The summed E-state index contributed by atoms with van der Waals surface area (Å²) < 4.78 is 14.2. The average Bonchev–Trinajstić information content (AvgIpc) is 3.27. The van der Waals surface area contributed by atoms with E-state index in [9.17, 15) is 9.18 Å². The number of halogens is 1. The molecule has 7 heteroatoms. The van der Waals surface area contributed by atoms with E-state index in [1.54, 1.807) is 0 Å². The van der Waals surface area contributed by atoms with Crippen molar-refractivity contribution in [2.24, 2.45) is 17.8 Å². The lowest BCUT2D eigenvalue weighted by molar-refractivity contribution is -0.123. The monoisotopic (exact) mass is 367 g/mol. The molecule has 3 heterocycles. The van der Waals surface area contributed by atoms with Crippen LogP contribution in [0.2, 0.25) is 0 Å². The van der Waals surface area contributed by atoms with Crippen LogP contribution in [0.15, 0.2) is 0 Å². The number of hydrogen-bond donors (Lipinski definition) is 4. The molecule has 0 bridgehead atoms. The number of carbonyl (C=O) groups is 1. The highest BCUT2D eigenvalue weighted by Gasteiger charge is 2.46. The Labute approximate surface area is 156 Å². The number of nitrogens with zero attached hydrogens (tertiary/aromatic N) is 1. The molecule has 0 spiro atoms. The van der Waals surface area contributed by atoms with Crippen LogP contribution >= 0.6 is 0 Å². The summed E-state index contributed by atoms with van der Waals surface area (Å²) in [6, 6.07) is 0.312. The van der Waals surface area contributed by atoms with Gasteiger partial charge in [0.15, 0.2) is 0 Å². The second-order valence-corrected chi connectivity index (χ2v) is 9.05. The lowest BCUT2D eigenvalue weighted by Crippen LogP contribution is -2.51. The first kappa shape index (κ1) is 18.6. The van der Waals surface area contributed by atoms with Crippen LogP contribution in [0.1, 0.15) is 45.4 Å². The molecule has 3 aliphatic heterocycles. The Morgan fingerprint density at radius 3 is 2.62 bits per heavy atom. The SMILES string of the molecule is CC1CCC(F)C2CC(C(=O)NC3CC(C4CCN(C)CC4)NN3)NC12. The van der Waals surface area contributed by atoms with Crippen LogP contribution in [0.4, 0.5) is 4.39 Å². The van der Waals surface area contributed by atoms with Gasteiger partial charge >= 0.3 is 0 Å². The van der Waals surface area contributed by atoms with E-state index >= 15 is 0 Å². The highest BCUT2D eigenvalue weighted by Crippen LogP contribution is 2.38. The molecule has 148 valence electrons. The largest absolute Gasteiger partial charge is 0.338 e. The van der Waals surface area contributed by atoms with E-state index in [-0.39, 0.29) is 30.1 Å². The van der Waals surface area contributed by atoms with E-state index in [1.807, 2.05) is 0 Å². The molecule has 4 fully saturated rings. The quantitative estimate of drug-likeness (QED) is 0.593. The zero-order valence-corrected chi connectivity index (χ0v) is 16.0. The predicted octanol–water partition coefficient (Wildman–Crippen LogP) is 0.752. The number of piperidine rings is 1. The van der Waals surface area contributed by atoms with Gasteiger partial charge in [-0.2, -0.15) is 0 Å². The van der Waals surface area contributed by atoms with Crippen LogP contribution in [0, 0.1) is 17.8 Å². The van der Waals surface area contributed by atoms with Crippen molar-refractivity contribution in [1.82, 2.24) is 26.4 Å².